The van der Waals surface area contributed by atoms with Crippen LogP contribution in [0.2, 0.25) is 0 Å². The minimum atomic E-state index is -0.423. The molecule has 0 aromatic heterocycles. The van der Waals surface area contributed by atoms with Crippen molar-refractivity contribution in [3.05, 3.63) is 0 Å². The van der Waals surface area contributed by atoms with Gasteiger partial charge in [0.15, 0.2) is 0 Å². The van der Waals surface area contributed by atoms with Crippen LogP contribution in [-0.2, 0) is 9.53 Å². The first-order chi connectivity index (χ1) is 12.2. The highest BCUT2D eigenvalue weighted by Crippen LogP contribution is 2.21. The number of rotatable bonds is 5. The molecule has 2 heterocycles. The maximum Gasteiger partial charge on any atom is 0.410 e. The van der Waals surface area contributed by atoms with E-state index < -0.39 is 5.60 Å². The number of carbonyl (C=O) groups excluding carboxylic acids is 2. The van der Waals surface area contributed by atoms with Crippen LogP contribution in [0.25, 0.3) is 0 Å². The van der Waals surface area contributed by atoms with Crippen LogP contribution in [0.1, 0.15) is 40.5 Å². The predicted octanol–water partition coefficient (Wildman–Crippen LogP) is 1.39. The lowest BCUT2D eigenvalue weighted by Gasteiger charge is -2.39. The van der Waals surface area contributed by atoms with Gasteiger partial charge in [0.2, 0.25) is 5.91 Å². The highest BCUT2D eigenvalue weighted by atomic mass is 16.6. The third-order valence-electron chi connectivity index (χ3n) is 5.05. The van der Waals surface area contributed by atoms with Crippen molar-refractivity contribution in [2.45, 2.75) is 46.1 Å². The Hall–Kier alpha value is -1.34. The van der Waals surface area contributed by atoms with Crippen molar-refractivity contribution in [1.82, 2.24) is 20.0 Å². The molecule has 0 radical (unpaired) electrons. The highest BCUT2D eigenvalue weighted by molar-refractivity contribution is 5.72. The normalized spacial score (nSPS) is 20.8. The zero-order valence-corrected chi connectivity index (χ0v) is 16.9. The van der Waals surface area contributed by atoms with Gasteiger partial charge in [-0.1, -0.05) is 0 Å². The van der Waals surface area contributed by atoms with E-state index >= 15 is 0 Å². The molecule has 26 heavy (non-hydrogen) atoms. The van der Waals surface area contributed by atoms with E-state index in [0.29, 0.717) is 5.92 Å². The summed E-state index contributed by atoms with van der Waals surface area (Å²) in [6.07, 6.45) is 1.94. The molecule has 2 aliphatic rings. The average molecular weight is 369 g/mol. The summed E-state index contributed by atoms with van der Waals surface area (Å²) in [5.41, 5.74) is -0.423. The van der Waals surface area contributed by atoms with E-state index in [1.807, 2.05) is 25.7 Å². The van der Waals surface area contributed by atoms with Crippen molar-refractivity contribution in [3.8, 4) is 0 Å². The minimum Gasteiger partial charge on any atom is -0.444 e. The highest BCUT2D eigenvalue weighted by Gasteiger charge is 2.28. The molecule has 150 valence electrons. The molecule has 2 aliphatic heterocycles. The van der Waals surface area contributed by atoms with E-state index in [0.717, 1.165) is 71.7 Å². The lowest BCUT2D eigenvalue weighted by atomic mass is 9.96. The first kappa shape index (κ1) is 21.0. The Morgan fingerprint density at radius 2 is 1.58 bits per heavy atom. The summed E-state index contributed by atoms with van der Waals surface area (Å²) in [6.45, 7) is 16.0. The molecule has 2 amide bonds. The molecule has 1 N–H and O–H groups in total. The van der Waals surface area contributed by atoms with Crippen LogP contribution < -0.4 is 5.32 Å². The summed E-state index contributed by atoms with van der Waals surface area (Å²) in [4.78, 5) is 29.9. The topological polar surface area (TPSA) is 65.1 Å². The maximum absolute atomic E-state index is 12.1. The third-order valence-corrected chi connectivity index (χ3v) is 5.05. The zero-order chi connectivity index (χ0) is 19.2. The Bertz CT molecular complexity index is 462. The van der Waals surface area contributed by atoms with E-state index in [-0.39, 0.29) is 12.0 Å². The largest absolute Gasteiger partial charge is 0.444 e. The fourth-order valence-electron chi connectivity index (χ4n) is 3.58. The van der Waals surface area contributed by atoms with Gasteiger partial charge in [0, 0.05) is 65.8 Å². The van der Waals surface area contributed by atoms with Crippen molar-refractivity contribution in [1.29, 1.82) is 0 Å². The van der Waals surface area contributed by atoms with Gasteiger partial charge in [-0.05, 0) is 39.5 Å². The number of hydrogen-bond acceptors (Lipinski definition) is 5. The summed E-state index contributed by atoms with van der Waals surface area (Å²) in [5, 5.41) is 2.86. The number of ether oxygens (including phenoxy) is 1. The summed E-state index contributed by atoms with van der Waals surface area (Å²) >= 11 is 0. The van der Waals surface area contributed by atoms with Gasteiger partial charge in [-0.3, -0.25) is 9.69 Å². The second-order valence-electron chi connectivity index (χ2n) is 8.54. The minimum absolute atomic E-state index is 0.0429. The predicted molar refractivity (Wildman–Crippen MR) is 102 cm³/mol. The van der Waals surface area contributed by atoms with Crippen LogP contribution >= 0.6 is 0 Å². The molecule has 7 heteroatoms. The first-order valence-electron chi connectivity index (χ1n) is 9.90. The van der Waals surface area contributed by atoms with Gasteiger partial charge in [-0.2, -0.15) is 0 Å². The molecule has 0 aliphatic carbocycles. The fourth-order valence-corrected chi connectivity index (χ4v) is 3.58. The van der Waals surface area contributed by atoms with Crippen LogP contribution in [0, 0.1) is 5.92 Å². The van der Waals surface area contributed by atoms with E-state index in [1.165, 1.54) is 0 Å². The SMILES string of the molecule is CC(=O)NCCN1CCN(CC2CCN(C(=O)OC(C)(C)C)CC2)CC1. The molecule has 0 aromatic carbocycles. The quantitative estimate of drug-likeness (QED) is 0.794. The zero-order valence-electron chi connectivity index (χ0n) is 16.9. The average Bonchev–Trinajstić information content (AvgIpc) is 2.55. The molecular weight excluding hydrogens is 332 g/mol. The van der Waals surface area contributed by atoms with Gasteiger partial charge in [0.25, 0.3) is 0 Å². The van der Waals surface area contributed by atoms with Crippen LogP contribution in [0.5, 0.6) is 0 Å². The van der Waals surface area contributed by atoms with Crippen LogP contribution in [0.15, 0.2) is 0 Å². The number of nitrogens with one attached hydrogen (secondary N) is 1. The van der Waals surface area contributed by atoms with Gasteiger partial charge in [0.1, 0.15) is 5.60 Å². The standard InChI is InChI=1S/C19H36N4O3/c1-16(24)20-7-10-21-11-13-22(14-12-21)15-17-5-8-23(9-6-17)18(25)26-19(2,3)4/h17H,5-15H2,1-4H3,(H,20,24). The van der Waals surface area contributed by atoms with Crippen molar-refractivity contribution in [2.75, 3.05) is 58.9 Å². The van der Waals surface area contributed by atoms with Crippen molar-refractivity contribution in [2.24, 2.45) is 5.92 Å². The molecule has 0 unspecified atom stereocenters. The molecule has 0 spiro atoms. The van der Waals surface area contributed by atoms with Crippen molar-refractivity contribution < 1.29 is 14.3 Å². The third kappa shape index (κ3) is 7.50. The number of nitrogens with zero attached hydrogens (tertiary/aromatic N) is 3. The van der Waals surface area contributed by atoms with Gasteiger partial charge in [-0.25, -0.2) is 4.79 Å². The van der Waals surface area contributed by atoms with Crippen LogP contribution in [0.3, 0.4) is 0 Å². The second kappa shape index (κ2) is 9.55. The number of likely N-dealkylation sites (tertiary alicyclic amines) is 1. The fraction of sp³-hybridized carbons (Fsp3) is 0.895. The summed E-state index contributed by atoms with van der Waals surface area (Å²) < 4.78 is 5.47. The van der Waals surface area contributed by atoms with Gasteiger partial charge >= 0.3 is 6.09 Å². The number of amides is 2. The maximum atomic E-state index is 12.1. The van der Waals surface area contributed by atoms with Crippen molar-refractivity contribution in [3.63, 3.8) is 0 Å². The lowest BCUT2D eigenvalue weighted by molar-refractivity contribution is -0.119. The number of hydrogen-bond donors (Lipinski definition) is 1. The monoisotopic (exact) mass is 368 g/mol. The van der Waals surface area contributed by atoms with Crippen LogP contribution in [-0.4, -0.2) is 91.2 Å². The molecule has 2 saturated heterocycles. The molecule has 2 fully saturated rings. The Balaban J connectivity index is 1.61. The van der Waals surface area contributed by atoms with Gasteiger partial charge < -0.3 is 19.9 Å². The Morgan fingerprint density at radius 3 is 2.12 bits per heavy atom. The number of piperazine rings is 1. The van der Waals surface area contributed by atoms with Crippen molar-refractivity contribution >= 4 is 12.0 Å². The number of carbonyl (C=O) groups is 2. The Morgan fingerprint density at radius 1 is 1.00 bits per heavy atom. The molecule has 0 atom stereocenters. The van der Waals surface area contributed by atoms with E-state index in [9.17, 15) is 9.59 Å². The molecule has 7 nitrogen and oxygen atoms in total. The molecule has 2 rings (SSSR count). The van der Waals surface area contributed by atoms with E-state index in [4.69, 9.17) is 4.74 Å². The Labute approximate surface area is 158 Å². The molecule has 0 aromatic rings. The summed E-state index contributed by atoms with van der Waals surface area (Å²) in [5.74, 6) is 0.709. The molecule has 0 bridgehead atoms. The second-order valence-corrected chi connectivity index (χ2v) is 8.54. The van der Waals surface area contributed by atoms with Crippen LogP contribution in [0.4, 0.5) is 4.79 Å². The van der Waals surface area contributed by atoms with Gasteiger partial charge in [0.05, 0.1) is 0 Å². The first-order valence-corrected chi connectivity index (χ1v) is 9.90. The summed E-state index contributed by atoms with van der Waals surface area (Å²) in [7, 11) is 0. The summed E-state index contributed by atoms with van der Waals surface area (Å²) in [6, 6.07) is 0. The van der Waals surface area contributed by atoms with E-state index in [2.05, 4.69) is 15.1 Å². The van der Waals surface area contributed by atoms with E-state index in [1.54, 1.807) is 6.92 Å². The smallest absolute Gasteiger partial charge is 0.410 e. The van der Waals surface area contributed by atoms with Gasteiger partial charge in [-0.15, -0.1) is 0 Å². The molecule has 0 saturated carbocycles. The lowest BCUT2D eigenvalue weighted by Crippen LogP contribution is -2.50. The number of piperidine rings is 1. The molecular formula is C19H36N4O3. The Kier molecular flexibility index (Phi) is 7.70.